The normalized spacial score (nSPS) is 17.1. The van der Waals surface area contributed by atoms with E-state index in [1.807, 2.05) is 0 Å². The van der Waals surface area contributed by atoms with E-state index in [1.165, 1.54) is 25.1 Å². The highest BCUT2D eigenvalue weighted by atomic mass is 35.5. The molecule has 108 valence electrons. The van der Waals surface area contributed by atoms with Gasteiger partial charge in [0.15, 0.2) is 5.82 Å². The molecule has 1 aromatic rings. The number of carbonyl (C=O) groups is 2. The molecular formula is C13H14ClFN2O3. The maximum atomic E-state index is 13.6. The molecule has 0 saturated heterocycles. The van der Waals surface area contributed by atoms with Crippen molar-refractivity contribution in [3.63, 3.8) is 0 Å². The van der Waals surface area contributed by atoms with E-state index in [-0.39, 0.29) is 16.6 Å². The standard InChI is InChI=1S/C13H14ClFN2O3/c1-13(11(18)19,7-5-6-7)17-12(20)16-9-4-2-3-8(14)10(9)15/h2-4,7H,5-6H2,1H3,(H,18,19)(H2,16,17,20). The SMILES string of the molecule is CC(NC(=O)Nc1cccc(Cl)c1F)(C(=O)O)C1CC1. The molecular weight excluding hydrogens is 287 g/mol. The third-order valence-electron chi connectivity index (χ3n) is 3.41. The highest BCUT2D eigenvalue weighted by molar-refractivity contribution is 6.31. The van der Waals surface area contributed by atoms with E-state index in [4.69, 9.17) is 11.6 Å². The van der Waals surface area contributed by atoms with Crippen molar-refractivity contribution in [1.29, 1.82) is 0 Å². The summed E-state index contributed by atoms with van der Waals surface area (Å²) in [5.41, 5.74) is -1.45. The van der Waals surface area contributed by atoms with E-state index in [2.05, 4.69) is 10.6 Å². The van der Waals surface area contributed by atoms with Gasteiger partial charge in [-0.25, -0.2) is 14.0 Å². The average molecular weight is 301 g/mol. The largest absolute Gasteiger partial charge is 0.480 e. The van der Waals surface area contributed by atoms with E-state index in [1.54, 1.807) is 0 Å². The molecule has 20 heavy (non-hydrogen) atoms. The molecule has 1 aliphatic carbocycles. The highest BCUT2D eigenvalue weighted by Gasteiger charge is 2.48. The Morgan fingerprint density at radius 3 is 2.65 bits per heavy atom. The fraction of sp³-hybridized carbons (Fsp3) is 0.385. The van der Waals surface area contributed by atoms with Gasteiger partial charge in [-0.05, 0) is 37.8 Å². The molecule has 0 aromatic heterocycles. The molecule has 1 unspecified atom stereocenters. The zero-order chi connectivity index (χ0) is 14.9. The first kappa shape index (κ1) is 14.6. The molecule has 2 amide bonds. The van der Waals surface area contributed by atoms with Gasteiger partial charge < -0.3 is 15.7 Å². The van der Waals surface area contributed by atoms with E-state index in [9.17, 15) is 19.1 Å². The number of carbonyl (C=O) groups excluding carboxylic acids is 1. The molecule has 2 rings (SSSR count). The molecule has 0 heterocycles. The van der Waals surface area contributed by atoms with Crippen LogP contribution in [-0.2, 0) is 4.79 Å². The van der Waals surface area contributed by atoms with Crippen LogP contribution in [0.25, 0.3) is 0 Å². The summed E-state index contributed by atoms with van der Waals surface area (Å²) < 4.78 is 13.6. The summed E-state index contributed by atoms with van der Waals surface area (Å²) in [4.78, 5) is 23.1. The number of hydrogen-bond acceptors (Lipinski definition) is 2. The van der Waals surface area contributed by atoms with Crippen LogP contribution in [0.2, 0.25) is 5.02 Å². The van der Waals surface area contributed by atoms with Crippen LogP contribution in [0.1, 0.15) is 19.8 Å². The maximum absolute atomic E-state index is 13.6. The number of carboxylic acids is 1. The second kappa shape index (κ2) is 5.28. The summed E-state index contributed by atoms with van der Waals surface area (Å²) in [6.07, 6.45) is 1.49. The molecule has 7 heteroatoms. The van der Waals surface area contributed by atoms with Gasteiger partial charge in [-0.1, -0.05) is 17.7 Å². The zero-order valence-corrected chi connectivity index (χ0v) is 11.5. The fourth-order valence-electron chi connectivity index (χ4n) is 1.98. The zero-order valence-electron chi connectivity index (χ0n) is 10.7. The van der Waals surface area contributed by atoms with Gasteiger partial charge in [0.25, 0.3) is 0 Å². The first-order chi connectivity index (χ1) is 9.34. The van der Waals surface area contributed by atoms with E-state index >= 15 is 0 Å². The average Bonchev–Trinajstić information content (AvgIpc) is 3.19. The smallest absolute Gasteiger partial charge is 0.329 e. The van der Waals surface area contributed by atoms with Crippen molar-refractivity contribution < 1.29 is 19.1 Å². The first-order valence-electron chi connectivity index (χ1n) is 6.11. The first-order valence-corrected chi connectivity index (χ1v) is 6.49. The lowest BCUT2D eigenvalue weighted by molar-refractivity contribution is -0.144. The lowest BCUT2D eigenvalue weighted by atomic mass is 9.96. The topological polar surface area (TPSA) is 78.4 Å². The van der Waals surface area contributed by atoms with Crippen LogP contribution < -0.4 is 10.6 Å². The Hall–Kier alpha value is -1.82. The Bertz CT molecular complexity index is 563. The maximum Gasteiger partial charge on any atom is 0.329 e. The Kier molecular flexibility index (Phi) is 3.85. The van der Waals surface area contributed by atoms with Gasteiger partial charge in [0, 0.05) is 0 Å². The van der Waals surface area contributed by atoms with E-state index in [0.29, 0.717) is 0 Å². The molecule has 0 radical (unpaired) electrons. The summed E-state index contributed by atoms with van der Waals surface area (Å²) in [6.45, 7) is 1.45. The fourth-order valence-corrected chi connectivity index (χ4v) is 2.16. The Morgan fingerprint density at radius 1 is 1.45 bits per heavy atom. The Labute approximate surface area is 120 Å². The molecule has 5 nitrogen and oxygen atoms in total. The number of halogens is 2. The van der Waals surface area contributed by atoms with Crippen LogP contribution in [0.15, 0.2) is 18.2 Å². The van der Waals surface area contributed by atoms with Gasteiger partial charge in [0.2, 0.25) is 0 Å². The number of hydrogen-bond donors (Lipinski definition) is 3. The minimum atomic E-state index is -1.35. The van der Waals surface area contributed by atoms with Crippen molar-refractivity contribution in [2.75, 3.05) is 5.32 Å². The highest BCUT2D eigenvalue weighted by Crippen LogP contribution is 2.39. The van der Waals surface area contributed by atoms with Crippen molar-refractivity contribution in [3.8, 4) is 0 Å². The van der Waals surface area contributed by atoms with Gasteiger partial charge in [0.1, 0.15) is 5.54 Å². The van der Waals surface area contributed by atoms with Crippen molar-refractivity contribution in [2.24, 2.45) is 5.92 Å². The molecule has 1 saturated carbocycles. The Morgan fingerprint density at radius 2 is 2.10 bits per heavy atom. The van der Waals surface area contributed by atoms with Crippen LogP contribution >= 0.6 is 11.6 Å². The van der Waals surface area contributed by atoms with Crippen molar-refractivity contribution in [2.45, 2.75) is 25.3 Å². The van der Waals surface area contributed by atoms with Gasteiger partial charge in [-0.15, -0.1) is 0 Å². The number of anilines is 1. The third-order valence-corrected chi connectivity index (χ3v) is 3.70. The second-order valence-corrected chi connectivity index (χ2v) is 5.37. The number of amides is 2. The summed E-state index contributed by atoms with van der Waals surface area (Å²) in [5, 5.41) is 13.8. The molecule has 0 aliphatic heterocycles. The van der Waals surface area contributed by atoms with Crippen LogP contribution in [0.3, 0.4) is 0 Å². The van der Waals surface area contributed by atoms with Crippen molar-refractivity contribution >= 4 is 29.3 Å². The predicted molar refractivity (Wildman–Crippen MR) is 72.3 cm³/mol. The molecule has 1 aromatic carbocycles. The van der Waals surface area contributed by atoms with E-state index in [0.717, 1.165) is 12.8 Å². The minimum Gasteiger partial charge on any atom is -0.480 e. The molecule has 0 spiro atoms. The van der Waals surface area contributed by atoms with Gasteiger partial charge in [-0.3, -0.25) is 0 Å². The van der Waals surface area contributed by atoms with Gasteiger partial charge in [-0.2, -0.15) is 0 Å². The van der Waals surface area contributed by atoms with Crippen molar-refractivity contribution in [3.05, 3.63) is 29.0 Å². The summed E-state index contributed by atoms with van der Waals surface area (Å²) >= 11 is 5.60. The lowest BCUT2D eigenvalue weighted by Crippen LogP contribution is -2.55. The number of rotatable bonds is 4. The molecule has 0 bridgehead atoms. The van der Waals surface area contributed by atoms with Crippen molar-refractivity contribution in [1.82, 2.24) is 5.32 Å². The molecule has 1 fully saturated rings. The number of carboxylic acid groups (broad SMARTS) is 1. The van der Waals surface area contributed by atoms with E-state index < -0.39 is 23.4 Å². The molecule has 3 N–H and O–H groups in total. The van der Waals surface area contributed by atoms with Crippen LogP contribution in [0.4, 0.5) is 14.9 Å². The van der Waals surface area contributed by atoms with Crippen LogP contribution in [0, 0.1) is 11.7 Å². The van der Waals surface area contributed by atoms with Gasteiger partial charge in [0.05, 0.1) is 10.7 Å². The number of nitrogens with one attached hydrogen (secondary N) is 2. The third kappa shape index (κ3) is 2.85. The Balaban J connectivity index is 2.09. The summed E-state index contributed by atoms with van der Waals surface area (Å²) in [6, 6.07) is 3.41. The molecule has 1 aliphatic rings. The molecule has 1 atom stereocenters. The quantitative estimate of drug-likeness (QED) is 0.800. The van der Waals surface area contributed by atoms with Gasteiger partial charge >= 0.3 is 12.0 Å². The predicted octanol–water partition coefficient (Wildman–Crippen LogP) is 2.85. The second-order valence-electron chi connectivity index (χ2n) is 4.96. The minimum absolute atomic E-state index is 0.0986. The summed E-state index contributed by atoms with van der Waals surface area (Å²) in [5.74, 6) is -1.97. The lowest BCUT2D eigenvalue weighted by Gasteiger charge is -2.26. The number of aliphatic carboxylic acids is 1. The summed E-state index contributed by atoms with van der Waals surface area (Å²) in [7, 11) is 0. The number of benzene rings is 1. The monoisotopic (exact) mass is 300 g/mol. The number of urea groups is 1. The van der Waals surface area contributed by atoms with Crippen LogP contribution in [0.5, 0.6) is 0 Å². The van der Waals surface area contributed by atoms with Crippen LogP contribution in [-0.4, -0.2) is 22.6 Å².